The summed E-state index contributed by atoms with van der Waals surface area (Å²) in [5, 5.41) is 3.02. The van der Waals surface area contributed by atoms with Crippen LogP contribution in [0.1, 0.15) is 18.4 Å². The van der Waals surface area contributed by atoms with Crippen molar-refractivity contribution in [3.63, 3.8) is 0 Å². The number of aryl methyl sites for hydroxylation is 1. The lowest BCUT2D eigenvalue weighted by Gasteiger charge is -2.31. The van der Waals surface area contributed by atoms with Gasteiger partial charge < -0.3 is 15.0 Å². The van der Waals surface area contributed by atoms with Crippen molar-refractivity contribution in [1.82, 2.24) is 19.9 Å². The molecule has 8 nitrogen and oxygen atoms in total. The second-order valence-electron chi connectivity index (χ2n) is 7.47. The van der Waals surface area contributed by atoms with Crippen molar-refractivity contribution >= 4 is 22.9 Å². The molecule has 0 atom stereocenters. The molecule has 3 aromatic rings. The molecule has 0 spiro atoms. The van der Waals surface area contributed by atoms with Gasteiger partial charge in [-0.05, 0) is 42.7 Å². The number of rotatable bonds is 5. The van der Waals surface area contributed by atoms with Crippen LogP contribution in [0.2, 0.25) is 0 Å². The summed E-state index contributed by atoms with van der Waals surface area (Å²) in [7, 11) is 3.34. The van der Waals surface area contributed by atoms with E-state index in [2.05, 4.69) is 15.3 Å². The number of benzene rings is 1. The van der Waals surface area contributed by atoms with Crippen molar-refractivity contribution in [1.29, 1.82) is 0 Å². The van der Waals surface area contributed by atoms with Gasteiger partial charge in [-0.1, -0.05) is 12.1 Å². The molecule has 0 saturated carbocycles. The summed E-state index contributed by atoms with van der Waals surface area (Å²) in [6.45, 7) is 1.73. The molecular formula is C22H25N5O3. The molecule has 156 valence electrons. The molecule has 0 aliphatic carbocycles. The highest BCUT2D eigenvalue weighted by Crippen LogP contribution is 2.21. The number of hydrogen-bond donors (Lipinski definition) is 1. The fraction of sp³-hybridized carbons (Fsp3) is 0.364. The summed E-state index contributed by atoms with van der Waals surface area (Å²) in [5.41, 5.74) is 2.12. The zero-order valence-corrected chi connectivity index (χ0v) is 17.2. The number of aromatic nitrogens is 3. The van der Waals surface area contributed by atoms with E-state index in [0.717, 1.165) is 11.3 Å². The van der Waals surface area contributed by atoms with Crippen molar-refractivity contribution in [3.8, 4) is 5.75 Å². The average Bonchev–Trinajstić information content (AvgIpc) is 2.80. The van der Waals surface area contributed by atoms with Crippen LogP contribution in [0, 0.1) is 5.92 Å². The van der Waals surface area contributed by atoms with Crippen molar-refractivity contribution in [2.45, 2.75) is 19.4 Å². The summed E-state index contributed by atoms with van der Waals surface area (Å²) in [6, 6.07) is 11.3. The smallest absolute Gasteiger partial charge is 0.294 e. The Kier molecular flexibility index (Phi) is 5.65. The number of methoxy groups -OCH3 is 1. The van der Waals surface area contributed by atoms with E-state index in [9.17, 15) is 9.59 Å². The predicted molar refractivity (Wildman–Crippen MR) is 115 cm³/mol. The lowest BCUT2D eigenvalue weighted by Crippen LogP contribution is -2.43. The molecule has 1 N–H and O–H groups in total. The van der Waals surface area contributed by atoms with E-state index in [1.807, 2.05) is 41.3 Å². The molecule has 1 amide bonds. The van der Waals surface area contributed by atoms with Crippen LogP contribution in [0.5, 0.6) is 5.75 Å². The summed E-state index contributed by atoms with van der Waals surface area (Å²) in [5.74, 6) is 1.20. The van der Waals surface area contributed by atoms with Gasteiger partial charge in [0.25, 0.3) is 5.56 Å². The molecule has 4 rings (SSSR count). The van der Waals surface area contributed by atoms with E-state index in [-0.39, 0.29) is 17.4 Å². The number of carbonyl (C=O) groups is 1. The van der Waals surface area contributed by atoms with Crippen molar-refractivity contribution in [3.05, 3.63) is 58.5 Å². The van der Waals surface area contributed by atoms with Crippen molar-refractivity contribution < 1.29 is 9.53 Å². The zero-order chi connectivity index (χ0) is 21.1. The first-order valence-corrected chi connectivity index (χ1v) is 10.0. The first-order valence-electron chi connectivity index (χ1n) is 10.0. The van der Waals surface area contributed by atoms with Crippen LogP contribution in [0.4, 0.5) is 5.82 Å². The van der Waals surface area contributed by atoms with E-state index >= 15 is 0 Å². The van der Waals surface area contributed by atoms with Gasteiger partial charge in [0.2, 0.25) is 5.91 Å². The zero-order valence-electron chi connectivity index (χ0n) is 17.2. The van der Waals surface area contributed by atoms with Gasteiger partial charge in [-0.15, -0.1) is 0 Å². The Bertz CT molecular complexity index is 1100. The molecule has 0 bridgehead atoms. The Hall–Kier alpha value is -3.42. The number of pyridine rings is 1. The predicted octanol–water partition coefficient (Wildman–Crippen LogP) is 1.87. The van der Waals surface area contributed by atoms with Gasteiger partial charge in [0, 0.05) is 38.8 Å². The number of nitrogens with zero attached hydrogens (tertiary/aromatic N) is 4. The van der Waals surface area contributed by atoms with E-state index in [1.54, 1.807) is 20.4 Å². The minimum atomic E-state index is -0.163. The Morgan fingerprint density at radius 3 is 2.63 bits per heavy atom. The molecule has 30 heavy (non-hydrogen) atoms. The molecule has 1 aliphatic heterocycles. The van der Waals surface area contributed by atoms with E-state index < -0.39 is 0 Å². The minimum absolute atomic E-state index is 0.0500. The van der Waals surface area contributed by atoms with Crippen LogP contribution in [0.3, 0.4) is 0 Å². The molecule has 0 radical (unpaired) electrons. The standard InChI is InChI=1S/C22H25N5O3/c1-26-19-18(4-3-11-23-19)25-20(22(26)29)27-12-9-16(10-13-27)21(28)24-14-15-5-7-17(30-2)8-6-15/h3-8,11,16H,9-10,12-14H2,1-2H3,(H,24,28). The lowest BCUT2D eigenvalue weighted by atomic mass is 9.96. The Morgan fingerprint density at radius 2 is 1.93 bits per heavy atom. The van der Waals surface area contributed by atoms with Gasteiger partial charge in [-0.3, -0.25) is 14.2 Å². The van der Waals surface area contributed by atoms with Crippen LogP contribution < -0.4 is 20.5 Å². The van der Waals surface area contributed by atoms with Crippen LogP contribution in [-0.2, 0) is 18.4 Å². The summed E-state index contributed by atoms with van der Waals surface area (Å²) >= 11 is 0. The highest BCUT2D eigenvalue weighted by atomic mass is 16.5. The molecular weight excluding hydrogens is 382 g/mol. The maximum atomic E-state index is 12.7. The molecule has 1 saturated heterocycles. The monoisotopic (exact) mass is 407 g/mol. The third kappa shape index (κ3) is 3.98. The second kappa shape index (κ2) is 8.52. The summed E-state index contributed by atoms with van der Waals surface area (Å²) in [4.78, 5) is 36.1. The highest BCUT2D eigenvalue weighted by molar-refractivity contribution is 5.79. The molecule has 8 heteroatoms. The van der Waals surface area contributed by atoms with E-state index in [0.29, 0.717) is 49.5 Å². The van der Waals surface area contributed by atoms with Gasteiger partial charge in [0.15, 0.2) is 11.5 Å². The summed E-state index contributed by atoms with van der Waals surface area (Å²) in [6.07, 6.45) is 3.02. The molecule has 1 fully saturated rings. The van der Waals surface area contributed by atoms with Crippen LogP contribution in [0.15, 0.2) is 47.4 Å². The SMILES string of the molecule is COc1ccc(CNC(=O)C2CCN(c3nc4cccnc4n(C)c3=O)CC2)cc1. The number of amides is 1. The lowest BCUT2D eigenvalue weighted by molar-refractivity contribution is -0.125. The van der Waals surface area contributed by atoms with Crippen molar-refractivity contribution in [2.75, 3.05) is 25.1 Å². The van der Waals surface area contributed by atoms with Crippen LogP contribution in [0.25, 0.3) is 11.2 Å². The Labute approximate surface area is 174 Å². The molecule has 0 unspecified atom stereocenters. The molecule has 2 aromatic heterocycles. The number of piperidine rings is 1. The van der Waals surface area contributed by atoms with Crippen LogP contribution in [-0.4, -0.2) is 40.6 Å². The van der Waals surface area contributed by atoms with Crippen molar-refractivity contribution in [2.24, 2.45) is 13.0 Å². The number of ether oxygens (including phenoxy) is 1. The summed E-state index contributed by atoms with van der Waals surface area (Å²) < 4.78 is 6.68. The van der Waals surface area contributed by atoms with Gasteiger partial charge in [0.1, 0.15) is 11.3 Å². The van der Waals surface area contributed by atoms with Gasteiger partial charge in [-0.2, -0.15) is 0 Å². The fourth-order valence-electron chi connectivity index (χ4n) is 3.78. The third-order valence-electron chi connectivity index (χ3n) is 5.60. The Morgan fingerprint density at radius 1 is 1.20 bits per heavy atom. The first-order chi connectivity index (χ1) is 14.6. The Balaban J connectivity index is 1.37. The average molecular weight is 407 g/mol. The number of hydrogen-bond acceptors (Lipinski definition) is 6. The van der Waals surface area contributed by atoms with Gasteiger partial charge in [0.05, 0.1) is 7.11 Å². The molecule has 1 aliphatic rings. The minimum Gasteiger partial charge on any atom is -0.497 e. The van der Waals surface area contributed by atoms with E-state index in [1.165, 1.54) is 4.57 Å². The third-order valence-corrected chi connectivity index (χ3v) is 5.60. The maximum Gasteiger partial charge on any atom is 0.294 e. The highest BCUT2D eigenvalue weighted by Gasteiger charge is 2.27. The van der Waals surface area contributed by atoms with E-state index in [4.69, 9.17) is 4.74 Å². The molecule has 1 aromatic carbocycles. The number of nitrogens with one attached hydrogen (secondary N) is 1. The number of anilines is 1. The quantitative estimate of drug-likeness (QED) is 0.695. The fourth-order valence-corrected chi connectivity index (χ4v) is 3.78. The van der Waals surface area contributed by atoms with Gasteiger partial charge >= 0.3 is 0 Å². The normalized spacial score (nSPS) is 14.7. The first kappa shape index (κ1) is 19.9. The second-order valence-corrected chi connectivity index (χ2v) is 7.47. The largest absolute Gasteiger partial charge is 0.497 e. The number of carbonyl (C=O) groups excluding carboxylic acids is 1. The molecule has 3 heterocycles. The number of fused-ring (bicyclic) bond motifs is 1. The van der Waals surface area contributed by atoms with Crippen LogP contribution >= 0.6 is 0 Å². The topological polar surface area (TPSA) is 89.3 Å². The van der Waals surface area contributed by atoms with Gasteiger partial charge in [-0.25, -0.2) is 9.97 Å². The maximum absolute atomic E-state index is 12.7.